The van der Waals surface area contributed by atoms with Crippen molar-refractivity contribution < 1.29 is 38.4 Å². The van der Waals surface area contributed by atoms with E-state index in [1.165, 1.54) is 45.5 Å². The van der Waals surface area contributed by atoms with Crippen LogP contribution in [-0.2, 0) is 25.5 Å². The van der Waals surface area contributed by atoms with Crippen LogP contribution < -0.4 is 19.1 Å². The summed E-state index contributed by atoms with van der Waals surface area (Å²) in [5.74, 6) is -1.68. The summed E-state index contributed by atoms with van der Waals surface area (Å²) in [5, 5.41) is 11.8. The normalized spacial score (nSPS) is 16.2. The molecule has 4 rings (SSSR count). The van der Waals surface area contributed by atoms with Gasteiger partial charge in [0, 0.05) is 11.8 Å². The van der Waals surface area contributed by atoms with Gasteiger partial charge in [0.05, 0.1) is 57.1 Å². The Kier molecular flexibility index (Phi) is 8.11. The van der Waals surface area contributed by atoms with Crippen LogP contribution in [0.3, 0.4) is 0 Å². The highest BCUT2D eigenvalue weighted by Gasteiger charge is 2.47. The van der Waals surface area contributed by atoms with Crippen LogP contribution in [0.25, 0.3) is 5.76 Å². The number of hydrogen-bond donors (Lipinski definition) is 1. The molecule has 0 aliphatic carbocycles. The molecule has 0 aromatic heterocycles. The van der Waals surface area contributed by atoms with Gasteiger partial charge in [-0.15, -0.1) is 0 Å². The highest BCUT2D eigenvalue weighted by Crippen LogP contribution is 2.45. The van der Waals surface area contributed by atoms with E-state index < -0.39 is 29.5 Å². The van der Waals surface area contributed by atoms with Gasteiger partial charge in [0.1, 0.15) is 23.0 Å². The molecule has 202 valence electrons. The maximum absolute atomic E-state index is 13.5. The van der Waals surface area contributed by atoms with E-state index >= 15 is 0 Å². The van der Waals surface area contributed by atoms with Gasteiger partial charge in [0.15, 0.2) is 0 Å². The average Bonchev–Trinajstić information content (AvgIpc) is 3.22. The predicted octanol–water partition coefficient (Wildman–Crippen LogP) is 4.71. The summed E-state index contributed by atoms with van der Waals surface area (Å²) in [6.45, 7) is 0. The second-order valence-corrected chi connectivity index (χ2v) is 8.96. The number of methoxy groups -OCH3 is 4. The molecule has 3 aromatic carbocycles. The van der Waals surface area contributed by atoms with E-state index in [2.05, 4.69) is 0 Å². The number of ether oxygens (including phenoxy) is 4. The number of Topliss-reactive ketones (excluding diaryl/α,β-unsaturated/α-hetero) is 1. The number of aliphatic hydroxyl groups excluding tert-OH is 1. The SMILES string of the molecule is COC(=O)Cc1ccc(N2C(=O)C(=O)/C(=C(/O)c3cc(OC)c(Cl)cc3OC)C2c2cccc(OC)c2)cc1. The summed E-state index contributed by atoms with van der Waals surface area (Å²) >= 11 is 6.24. The number of benzene rings is 3. The Morgan fingerprint density at radius 1 is 0.923 bits per heavy atom. The first-order valence-electron chi connectivity index (χ1n) is 11.8. The van der Waals surface area contributed by atoms with Crippen molar-refractivity contribution in [3.8, 4) is 17.2 Å². The fourth-order valence-electron chi connectivity index (χ4n) is 4.43. The number of carbonyl (C=O) groups is 3. The Hall–Kier alpha value is -4.50. The van der Waals surface area contributed by atoms with Gasteiger partial charge in [-0.05, 0) is 41.5 Å². The fourth-order valence-corrected chi connectivity index (χ4v) is 4.66. The number of amides is 1. The molecule has 0 saturated carbocycles. The number of hydrogen-bond acceptors (Lipinski definition) is 8. The van der Waals surface area contributed by atoms with E-state index in [4.69, 9.17) is 30.5 Å². The number of aliphatic hydroxyl groups is 1. The molecule has 0 radical (unpaired) electrons. The fraction of sp³-hybridized carbons (Fsp3) is 0.207. The minimum atomic E-state index is -1.02. The zero-order valence-electron chi connectivity index (χ0n) is 21.7. The second kappa shape index (κ2) is 11.5. The summed E-state index contributed by atoms with van der Waals surface area (Å²) in [7, 11) is 5.61. The Bertz CT molecular complexity index is 1460. The Labute approximate surface area is 230 Å². The van der Waals surface area contributed by atoms with Gasteiger partial charge in [-0.25, -0.2) is 0 Å². The van der Waals surface area contributed by atoms with Gasteiger partial charge in [-0.2, -0.15) is 0 Å². The molecule has 10 heteroatoms. The lowest BCUT2D eigenvalue weighted by Crippen LogP contribution is -2.29. The molecule has 1 saturated heterocycles. The minimum absolute atomic E-state index is 0.0487. The van der Waals surface area contributed by atoms with Crippen LogP contribution in [0.15, 0.2) is 66.2 Å². The lowest BCUT2D eigenvalue weighted by Gasteiger charge is -2.26. The molecule has 1 heterocycles. The third-order valence-electron chi connectivity index (χ3n) is 6.37. The standard InChI is InChI=1S/C29H26ClNO8/c1-36-19-7-5-6-17(13-19)26-25(27(33)20-14-23(38-3)21(30)15-22(20)37-2)28(34)29(35)31(26)18-10-8-16(9-11-18)12-24(32)39-4/h5-11,13-15,26,33H,12H2,1-4H3/b27-25+. The van der Waals surface area contributed by atoms with Crippen molar-refractivity contribution in [2.75, 3.05) is 33.3 Å². The molecule has 3 aromatic rings. The lowest BCUT2D eigenvalue weighted by atomic mass is 9.94. The maximum atomic E-state index is 13.5. The highest BCUT2D eigenvalue weighted by atomic mass is 35.5. The predicted molar refractivity (Wildman–Crippen MR) is 144 cm³/mol. The van der Waals surface area contributed by atoms with E-state index in [0.29, 0.717) is 22.6 Å². The molecule has 1 unspecified atom stereocenters. The van der Waals surface area contributed by atoms with Crippen molar-refractivity contribution in [3.05, 3.63) is 87.9 Å². The van der Waals surface area contributed by atoms with Crippen molar-refractivity contribution in [1.82, 2.24) is 0 Å². The van der Waals surface area contributed by atoms with Crippen LogP contribution in [0.4, 0.5) is 5.69 Å². The third-order valence-corrected chi connectivity index (χ3v) is 6.67. The summed E-state index contributed by atoms with van der Waals surface area (Å²) in [4.78, 5) is 40.0. The number of nitrogens with zero attached hydrogens (tertiary/aromatic N) is 1. The van der Waals surface area contributed by atoms with Crippen LogP contribution >= 0.6 is 11.6 Å². The van der Waals surface area contributed by atoms with Gasteiger partial charge in [-0.3, -0.25) is 19.3 Å². The molecule has 0 spiro atoms. The van der Waals surface area contributed by atoms with Crippen molar-refractivity contribution in [2.24, 2.45) is 0 Å². The summed E-state index contributed by atoms with van der Waals surface area (Å²) in [5.41, 5.74) is 1.54. The van der Waals surface area contributed by atoms with Crippen molar-refractivity contribution in [1.29, 1.82) is 0 Å². The number of anilines is 1. The zero-order chi connectivity index (χ0) is 28.3. The molecule has 1 atom stereocenters. The van der Waals surface area contributed by atoms with E-state index in [1.54, 1.807) is 48.5 Å². The number of ketones is 1. The summed E-state index contributed by atoms with van der Waals surface area (Å²) in [6.07, 6.45) is 0.0487. The number of esters is 1. The van der Waals surface area contributed by atoms with Gasteiger partial charge in [0.25, 0.3) is 11.7 Å². The van der Waals surface area contributed by atoms with Crippen LogP contribution in [0.1, 0.15) is 22.7 Å². The van der Waals surface area contributed by atoms with Gasteiger partial charge in [0.2, 0.25) is 0 Å². The topological polar surface area (TPSA) is 112 Å². The van der Waals surface area contributed by atoms with Crippen LogP contribution in [0, 0.1) is 0 Å². The van der Waals surface area contributed by atoms with Crippen LogP contribution in [-0.4, -0.2) is 51.2 Å². The molecule has 0 bridgehead atoms. The van der Waals surface area contributed by atoms with Gasteiger partial charge >= 0.3 is 5.97 Å². The quantitative estimate of drug-likeness (QED) is 0.185. The van der Waals surface area contributed by atoms with Crippen molar-refractivity contribution >= 4 is 40.7 Å². The first-order chi connectivity index (χ1) is 18.7. The van der Waals surface area contributed by atoms with E-state index in [0.717, 1.165) is 0 Å². The Morgan fingerprint density at radius 3 is 2.23 bits per heavy atom. The van der Waals surface area contributed by atoms with Crippen molar-refractivity contribution in [2.45, 2.75) is 12.5 Å². The monoisotopic (exact) mass is 551 g/mol. The highest BCUT2D eigenvalue weighted by molar-refractivity contribution is 6.51. The molecule has 1 amide bonds. The first-order valence-corrected chi connectivity index (χ1v) is 12.1. The molecular formula is C29H26ClNO8. The van der Waals surface area contributed by atoms with Gasteiger partial charge < -0.3 is 24.1 Å². The van der Waals surface area contributed by atoms with Gasteiger partial charge in [-0.1, -0.05) is 35.9 Å². The average molecular weight is 552 g/mol. The number of rotatable bonds is 8. The molecule has 1 aliphatic heterocycles. The summed E-state index contributed by atoms with van der Waals surface area (Å²) in [6, 6.07) is 15.3. The zero-order valence-corrected chi connectivity index (χ0v) is 22.4. The Balaban J connectivity index is 1.93. The van der Waals surface area contributed by atoms with E-state index in [9.17, 15) is 19.5 Å². The second-order valence-electron chi connectivity index (χ2n) is 8.55. The molecule has 9 nitrogen and oxygen atoms in total. The lowest BCUT2D eigenvalue weighted by molar-refractivity contribution is -0.139. The first kappa shape index (κ1) is 27.5. The minimum Gasteiger partial charge on any atom is -0.507 e. The molecule has 1 aliphatic rings. The van der Waals surface area contributed by atoms with Crippen LogP contribution in [0.2, 0.25) is 5.02 Å². The molecular weight excluding hydrogens is 526 g/mol. The molecule has 1 fully saturated rings. The Morgan fingerprint density at radius 2 is 1.62 bits per heavy atom. The maximum Gasteiger partial charge on any atom is 0.309 e. The smallest absolute Gasteiger partial charge is 0.309 e. The molecule has 39 heavy (non-hydrogen) atoms. The third kappa shape index (κ3) is 5.26. The number of halogens is 1. The largest absolute Gasteiger partial charge is 0.507 e. The van der Waals surface area contributed by atoms with E-state index in [1.807, 2.05) is 0 Å². The van der Waals surface area contributed by atoms with E-state index in [-0.39, 0.29) is 34.1 Å². The van der Waals surface area contributed by atoms with Crippen molar-refractivity contribution in [3.63, 3.8) is 0 Å². The number of carbonyl (C=O) groups excluding carboxylic acids is 3. The molecule has 1 N–H and O–H groups in total. The van der Waals surface area contributed by atoms with Crippen LogP contribution in [0.5, 0.6) is 17.2 Å². The summed E-state index contributed by atoms with van der Waals surface area (Å²) < 4.78 is 20.8.